The minimum absolute atomic E-state index is 0.384. The molecule has 0 aliphatic heterocycles. The number of aryl methyl sites for hydroxylation is 1. The molecule has 0 saturated heterocycles. The van der Waals surface area contributed by atoms with Gasteiger partial charge in [-0.15, -0.1) is 11.3 Å². The number of hydrogen-bond acceptors (Lipinski definition) is 5. The van der Waals surface area contributed by atoms with Gasteiger partial charge >= 0.3 is 5.97 Å². The molecule has 1 amide bonds. The predicted octanol–water partition coefficient (Wildman–Crippen LogP) is 3.30. The SMILES string of the molecule is N#Cc1c(NC(=O)COC(=O)/C=C/c2ccccc2)sc2c1CCC2. The first-order chi connectivity index (χ1) is 12.2. The van der Waals surface area contributed by atoms with Crippen molar-refractivity contribution in [3.8, 4) is 6.07 Å². The van der Waals surface area contributed by atoms with E-state index >= 15 is 0 Å². The predicted molar refractivity (Wildman–Crippen MR) is 96.1 cm³/mol. The minimum atomic E-state index is -0.590. The van der Waals surface area contributed by atoms with Crippen molar-refractivity contribution in [2.75, 3.05) is 11.9 Å². The number of carbonyl (C=O) groups excluding carboxylic acids is 2. The molecule has 0 fully saturated rings. The second-order valence-corrected chi connectivity index (χ2v) is 6.68. The molecule has 0 radical (unpaired) electrons. The number of rotatable bonds is 5. The number of anilines is 1. The summed E-state index contributed by atoms with van der Waals surface area (Å²) < 4.78 is 4.93. The molecule has 126 valence electrons. The van der Waals surface area contributed by atoms with Crippen LogP contribution in [0.25, 0.3) is 6.08 Å². The Balaban J connectivity index is 1.53. The molecule has 1 aromatic heterocycles. The van der Waals surface area contributed by atoms with Crippen molar-refractivity contribution >= 4 is 34.3 Å². The highest BCUT2D eigenvalue weighted by Crippen LogP contribution is 2.38. The maximum Gasteiger partial charge on any atom is 0.331 e. The summed E-state index contributed by atoms with van der Waals surface area (Å²) in [7, 11) is 0. The second kappa shape index (κ2) is 7.77. The number of hydrogen-bond donors (Lipinski definition) is 1. The summed E-state index contributed by atoms with van der Waals surface area (Å²) in [6.07, 6.45) is 5.78. The van der Waals surface area contributed by atoms with Gasteiger partial charge in [0.25, 0.3) is 5.91 Å². The van der Waals surface area contributed by atoms with E-state index in [1.165, 1.54) is 17.4 Å². The van der Waals surface area contributed by atoms with E-state index in [2.05, 4.69) is 11.4 Å². The van der Waals surface area contributed by atoms with E-state index in [-0.39, 0.29) is 6.61 Å². The standard InChI is InChI=1S/C19H16N2O3S/c20-11-15-14-7-4-8-16(14)25-19(15)21-17(22)12-24-18(23)10-9-13-5-2-1-3-6-13/h1-3,5-6,9-10H,4,7-8,12H2,(H,21,22)/b10-9+. The molecule has 0 atom stereocenters. The quantitative estimate of drug-likeness (QED) is 0.661. The highest BCUT2D eigenvalue weighted by Gasteiger charge is 2.23. The van der Waals surface area contributed by atoms with Gasteiger partial charge in [0, 0.05) is 11.0 Å². The summed E-state index contributed by atoms with van der Waals surface area (Å²) in [6, 6.07) is 11.5. The van der Waals surface area contributed by atoms with Crippen LogP contribution in [0.15, 0.2) is 36.4 Å². The number of ether oxygens (including phenoxy) is 1. The lowest BCUT2D eigenvalue weighted by Gasteiger charge is -2.04. The Bertz CT molecular complexity index is 863. The van der Waals surface area contributed by atoms with Crippen molar-refractivity contribution in [3.05, 3.63) is 58.0 Å². The lowest BCUT2D eigenvalue weighted by atomic mass is 10.1. The highest BCUT2D eigenvalue weighted by atomic mass is 32.1. The van der Waals surface area contributed by atoms with Crippen molar-refractivity contribution in [2.45, 2.75) is 19.3 Å². The number of benzene rings is 1. The average Bonchev–Trinajstić information content (AvgIpc) is 3.19. The van der Waals surface area contributed by atoms with Crippen LogP contribution >= 0.6 is 11.3 Å². The van der Waals surface area contributed by atoms with Gasteiger partial charge < -0.3 is 10.1 Å². The first-order valence-corrected chi connectivity index (χ1v) is 8.73. The fourth-order valence-electron chi connectivity index (χ4n) is 2.69. The van der Waals surface area contributed by atoms with Crippen LogP contribution in [0.2, 0.25) is 0 Å². The molecule has 1 aliphatic rings. The van der Waals surface area contributed by atoms with Gasteiger partial charge in [-0.05, 0) is 36.5 Å². The lowest BCUT2D eigenvalue weighted by Crippen LogP contribution is -2.20. The highest BCUT2D eigenvalue weighted by molar-refractivity contribution is 7.16. The summed E-state index contributed by atoms with van der Waals surface area (Å²) in [5, 5.41) is 12.5. The molecule has 2 aromatic rings. The maximum absolute atomic E-state index is 12.0. The second-order valence-electron chi connectivity index (χ2n) is 5.57. The third-order valence-electron chi connectivity index (χ3n) is 3.84. The van der Waals surface area contributed by atoms with Crippen LogP contribution in [-0.2, 0) is 27.2 Å². The Morgan fingerprint density at radius 2 is 2.08 bits per heavy atom. The van der Waals surface area contributed by atoms with E-state index in [4.69, 9.17) is 4.74 Å². The van der Waals surface area contributed by atoms with Gasteiger partial charge in [0.05, 0.1) is 5.56 Å². The molecule has 5 nitrogen and oxygen atoms in total. The van der Waals surface area contributed by atoms with E-state index in [0.29, 0.717) is 10.6 Å². The lowest BCUT2D eigenvalue weighted by molar-refractivity contribution is -0.142. The minimum Gasteiger partial charge on any atom is -0.452 e. The molecule has 25 heavy (non-hydrogen) atoms. The van der Waals surface area contributed by atoms with Gasteiger partial charge in [-0.1, -0.05) is 30.3 Å². The Hall–Kier alpha value is -2.91. The van der Waals surface area contributed by atoms with E-state index < -0.39 is 11.9 Å². The fourth-order valence-corrected chi connectivity index (χ4v) is 3.94. The van der Waals surface area contributed by atoms with Crippen LogP contribution in [0, 0.1) is 11.3 Å². The third kappa shape index (κ3) is 4.14. The number of nitrogens with zero attached hydrogens (tertiary/aromatic N) is 1. The third-order valence-corrected chi connectivity index (χ3v) is 5.05. The van der Waals surface area contributed by atoms with Crippen LogP contribution in [0.1, 0.15) is 28.0 Å². The fraction of sp³-hybridized carbons (Fsp3) is 0.211. The zero-order valence-electron chi connectivity index (χ0n) is 13.5. The largest absolute Gasteiger partial charge is 0.452 e. The van der Waals surface area contributed by atoms with Crippen molar-refractivity contribution < 1.29 is 14.3 Å². The smallest absolute Gasteiger partial charge is 0.331 e. The molecule has 3 rings (SSSR count). The summed E-state index contributed by atoms with van der Waals surface area (Å²) >= 11 is 1.43. The normalized spacial score (nSPS) is 12.6. The zero-order valence-corrected chi connectivity index (χ0v) is 14.3. The first-order valence-electron chi connectivity index (χ1n) is 7.91. The zero-order chi connectivity index (χ0) is 17.6. The molecule has 1 N–H and O–H groups in total. The van der Waals surface area contributed by atoms with Gasteiger partial charge in [0.1, 0.15) is 11.1 Å². The Morgan fingerprint density at radius 3 is 2.84 bits per heavy atom. The van der Waals surface area contributed by atoms with E-state index in [9.17, 15) is 14.9 Å². The number of nitriles is 1. The van der Waals surface area contributed by atoms with Gasteiger partial charge in [0.15, 0.2) is 6.61 Å². The average molecular weight is 352 g/mol. The van der Waals surface area contributed by atoms with Crippen LogP contribution < -0.4 is 5.32 Å². The molecule has 6 heteroatoms. The summed E-state index contributed by atoms with van der Waals surface area (Å²) in [6.45, 7) is -0.384. The topological polar surface area (TPSA) is 79.2 Å². The van der Waals surface area contributed by atoms with Crippen molar-refractivity contribution in [1.29, 1.82) is 5.26 Å². The summed E-state index contributed by atoms with van der Waals surface area (Å²) in [5.74, 6) is -1.04. The molecule has 0 bridgehead atoms. The van der Waals surface area contributed by atoms with Crippen LogP contribution in [0.5, 0.6) is 0 Å². The summed E-state index contributed by atoms with van der Waals surface area (Å²) in [5.41, 5.74) is 2.46. The maximum atomic E-state index is 12.0. The molecular weight excluding hydrogens is 336 g/mol. The number of fused-ring (bicyclic) bond motifs is 1. The number of nitrogens with one attached hydrogen (secondary N) is 1. The molecule has 1 heterocycles. The molecule has 0 unspecified atom stereocenters. The number of esters is 1. The summed E-state index contributed by atoms with van der Waals surface area (Å²) in [4.78, 5) is 24.8. The van der Waals surface area contributed by atoms with Gasteiger partial charge in [-0.3, -0.25) is 4.79 Å². The van der Waals surface area contributed by atoms with Crippen LogP contribution in [-0.4, -0.2) is 18.5 Å². The molecule has 0 spiro atoms. The van der Waals surface area contributed by atoms with Crippen molar-refractivity contribution in [1.82, 2.24) is 0 Å². The monoisotopic (exact) mass is 352 g/mol. The van der Waals surface area contributed by atoms with Gasteiger partial charge in [-0.25, -0.2) is 4.79 Å². The first kappa shape index (κ1) is 16.9. The number of thiophene rings is 1. The molecule has 1 aromatic carbocycles. The molecule has 1 aliphatic carbocycles. The van der Waals surface area contributed by atoms with E-state index in [1.54, 1.807) is 6.08 Å². The van der Waals surface area contributed by atoms with E-state index in [1.807, 2.05) is 30.3 Å². The molecule has 0 saturated carbocycles. The Kier molecular flexibility index (Phi) is 5.26. The molecular formula is C19H16N2O3S. The van der Waals surface area contributed by atoms with E-state index in [0.717, 1.165) is 35.3 Å². The Morgan fingerprint density at radius 1 is 1.28 bits per heavy atom. The van der Waals surface area contributed by atoms with Gasteiger partial charge in [-0.2, -0.15) is 5.26 Å². The van der Waals surface area contributed by atoms with Crippen LogP contribution in [0.4, 0.5) is 5.00 Å². The van der Waals surface area contributed by atoms with Crippen molar-refractivity contribution in [2.24, 2.45) is 0 Å². The Labute approximate surface area is 149 Å². The van der Waals surface area contributed by atoms with Crippen molar-refractivity contribution in [3.63, 3.8) is 0 Å². The van der Waals surface area contributed by atoms with Crippen LogP contribution in [0.3, 0.4) is 0 Å². The number of amides is 1. The van der Waals surface area contributed by atoms with Gasteiger partial charge in [0.2, 0.25) is 0 Å². The number of carbonyl (C=O) groups is 2.